The summed E-state index contributed by atoms with van der Waals surface area (Å²) in [5.41, 5.74) is 4.14. The fourth-order valence-electron chi connectivity index (χ4n) is 2.43. The molecule has 1 rings (SSSR count). The van der Waals surface area contributed by atoms with Crippen molar-refractivity contribution < 1.29 is 9.53 Å². The van der Waals surface area contributed by atoms with Crippen LogP contribution in [0.2, 0.25) is 0 Å². The van der Waals surface area contributed by atoms with E-state index in [1.165, 1.54) is 0 Å². The Hall–Kier alpha value is -0.680. The van der Waals surface area contributed by atoms with Crippen molar-refractivity contribution in [2.24, 2.45) is 11.1 Å². The Balaban J connectivity index is 2.97. The Morgan fingerprint density at radius 1 is 1.22 bits per heavy atom. The topological polar surface area (TPSA) is 55.6 Å². The number of carbonyl (C=O) groups excluding carboxylic acids is 1. The SMILES string of the molecule is CC1(C)CN(C(=O)C(C)(C)C(N)=S)CC(C)(C)O1. The van der Waals surface area contributed by atoms with Crippen LogP contribution in [0.3, 0.4) is 0 Å². The number of hydrogen-bond acceptors (Lipinski definition) is 3. The summed E-state index contributed by atoms with van der Waals surface area (Å²) < 4.78 is 5.96. The molecule has 2 N–H and O–H groups in total. The molecule has 5 heteroatoms. The van der Waals surface area contributed by atoms with Gasteiger partial charge in [-0.05, 0) is 41.5 Å². The maximum atomic E-state index is 12.5. The number of amides is 1. The number of thiocarbonyl (C=S) groups is 1. The normalized spacial score (nSPS) is 22.7. The Morgan fingerprint density at radius 3 is 1.94 bits per heavy atom. The Labute approximate surface area is 115 Å². The van der Waals surface area contributed by atoms with E-state index in [2.05, 4.69) is 0 Å². The molecule has 0 unspecified atom stereocenters. The second kappa shape index (κ2) is 4.46. The lowest BCUT2D eigenvalue weighted by Gasteiger charge is -2.48. The number of ether oxygens (including phenoxy) is 1. The van der Waals surface area contributed by atoms with Crippen molar-refractivity contribution in [3.8, 4) is 0 Å². The van der Waals surface area contributed by atoms with Crippen molar-refractivity contribution in [1.82, 2.24) is 4.90 Å². The summed E-state index contributed by atoms with van der Waals surface area (Å²) in [7, 11) is 0. The maximum absolute atomic E-state index is 12.5. The third-order valence-corrected chi connectivity index (χ3v) is 3.64. The van der Waals surface area contributed by atoms with Gasteiger partial charge in [-0.15, -0.1) is 0 Å². The smallest absolute Gasteiger partial charge is 0.235 e. The highest BCUT2D eigenvalue weighted by atomic mass is 32.1. The molecule has 1 saturated heterocycles. The average molecular weight is 272 g/mol. The van der Waals surface area contributed by atoms with Gasteiger partial charge in [-0.3, -0.25) is 4.79 Å². The van der Waals surface area contributed by atoms with E-state index in [0.717, 1.165) is 0 Å². The van der Waals surface area contributed by atoms with Crippen molar-refractivity contribution in [3.63, 3.8) is 0 Å². The Bertz CT molecular complexity index is 359. The molecule has 4 nitrogen and oxygen atoms in total. The largest absolute Gasteiger partial charge is 0.392 e. The molecule has 1 aliphatic rings. The van der Waals surface area contributed by atoms with Gasteiger partial charge in [0.15, 0.2) is 0 Å². The number of rotatable bonds is 2. The molecular weight excluding hydrogens is 248 g/mol. The van der Waals surface area contributed by atoms with Gasteiger partial charge in [-0.25, -0.2) is 0 Å². The predicted octanol–water partition coefficient (Wildman–Crippen LogP) is 1.71. The third-order valence-electron chi connectivity index (χ3n) is 3.13. The van der Waals surface area contributed by atoms with Gasteiger partial charge in [0, 0.05) is 13.1 Å². The molecule has 0 aromatic heterocycles. The van der Waals surface area contributed by atoms with Gasteiger partial charge >= 0.3 is 0 Å². The minimum Gasteiger partial charge on any atom is -0.392 e. The molecule has 0 spiro atoms. The molecule has 1 fully saturated rings. The molecular formula is C13H24N2O2S. The summed E-state index contributed by atoms with van der Waals surface area (Å²) in [4.78, 5) is 14.6. The van der Waals surface area contributed by atoms with Gasteiger partial charge in [0.25, 0.3) is 0 Å². The van der Waals surface area contributed by atoms with Gasteiger partial charge in [0.05, 0.1) is 21.6 Å². The summed E-state index contributed by atoms with van der Waals surface area (Å²) in [5.74, 6) is -0.0283. The van der Waals surface area contributed by atoms with Gasteiger partial charge in [-0.2, -0.15) is 0 Å². The predicted molar refractivity (Wildman–Crippen MR) is 76.4 cm³/mol. The van der Waals surface area contributed by atoms with Crippen LogP contribution >= 0.6 is 12.2 Å². The molecule has 0 saturated carbocycles. The lowest BCUT2D eigenvalue weighted by atomic mass is 9.89. The zero-order valence-electron chi connectivity index (χ0n) is 12.2. The highest BCUT2D eigenvalue weighted by Gasteiger charge is 2.44. The summed E-state index contributed by atoms with van der Waals surface area (Å²) >= 11 is 4.99. The van der Waals surface area contributed by atoms with E-state index in [1.54, 1.807) is 13.8 Å². The van der Waals surface area contributed by atoms with Crippen LogP contribution in [0.15, 0.2) is 0 Å². The first kappa shape index (κ1) is 15.4. The van der Waals surface area contributed by atoms with E-state index in [1.807, 2.05) is 32.6 Å². The van der Waals surface area contributed by atoms with Gasteiger partial charge in [0.2, 0.25) is 5.91 Å². The van der Waals surface area contributed by atoms with E-state index >= 15 is 0 Å². The summed E-state index contributed by atoms with van der Waals surface area (Å²) in [6, 6.07) is 0. The van der Waals surface area contributed by atoms with Crippen LogP contribution in [0.5, 0.6) is 0 Å². The second-order valence-corrected chi connectivity index (χ2v) is 7.21. The van der Waals surface area contributed by atoms with Crippen LogP contribution in [0.1, 0.15) is 41.5 Å². The Morgan fingerprint density at radius 2 is 1.61 bits per heavy atom. The highest BCUT2D eigenvalue weighted by Crippen LogP contribution is 2.31. The highest BCUT2D eigenvalue weighted by molar-refractivity contribution is 7.80. The summed E-state index contributed by atoms with van der Waals surface area (Å²) in [6.45, 7) is 12.6. The third kappa shape index (κ3) is 3.20. The molecule has 18 heavy (non-hydrogen) atoms. The molecule has 0 aromatic carbocycles. The van der Waals surface area contributed by atoms with Gasteiger partial charge < -0.3 is 15.4 Å². The van der Waals surface area contributed by atoms with Crippen LogP contribution in [-0.4, -0.2) is 40.1 Å². The standard InChI is InChI=1S/C13H24N2O2S/c1-11(2)7-15(8-12(3,4)17-11)10(16)13(5,6)9(14)18/h7-8H2,1-6H3,(H2,14,18). The fourth-order valence-corrected chi connectivity index (χ4v) is 2.52. The summed E-state index contributed by atoms with van der Waals surface area (Å²) in [5, 5.41) is 0. The monoisotopic (exact) mass is 272 g/mol. The van der Waals surface area contributed by atoms with Crippen LogP contribution < -0.4 is 5.73 Å². The summed E-state index contributed by atoms with van der Waals surface area (Å²) in [6.07, 6.45) is 0. The first-order valence-corrected chi connectivity index (χ1v) is 6.58. The zero-order valence-corrected chi connectivity index (χ0v) is 13.0. The number of hydrogen-bond donors (Lipinski definition) is 1. The average Bonchev–Trinajstić information content (AvgIpc) is 2.11. The van der Waals surface area contributed by atoms with Crippen molar-refractivity contribution in [1.29, 1.82) is 0 Å². The zero-order chi connectivity index (χ0) is 14.4. The van der Waals surface area contributed by atoms with Crippen LogP contribution in [-0.2, 0) is 9.53 Å². The fraction of sp³-hybridized carbons (Fsp3) is 0.846. The lowest BCUT2D eigenvalue weighted by Crippen LogP contribution is -2.61. The van der Waals surface area contributed by atoms with E-state index in [9.17, 15) is 4.79 Å². The van der Waals surface area contributed by atoms with Crippen LogP contribution in [0, 0.1) is 5.41 Å². The van der Waals surface area contributed by atoms with Crippen molar-refractivity contribution in [2.75, 3.05) is 13.1 Å². The Kier molecular flexibility index (Phi) is 3.81. The second-order valence-electron chi connectivity index (χ2n) is 6.77. The van der Waals surface area contributed by atoms with Gasteiger partial charge in [-0.1, -0.05) is 12.2 Å². The lowest BCUT2D eigenvalue weighted by molar-refractivity contribution is -0.190. The maximum Gasteiger partial charge on any atom is 0.235 e. The number of morpholine rings is 1. The molecule has 0 radical (unpaired) electrons. The molecule has 0 bridgehead atoms. The molecule has 1 heterocycles. The van der Waals surface area contributed by atoms with Gasteiger partial charge in [0.1, 0.15) is 0 Å². The molecule has 0 aromatic rings. The van der Waals surface area contributed by atoms with E-state index < -0.39 is 5.41 Å². The molecule has 1 aliphatic heterocycles. The van der Waals surface area contributed by atoms with Crippen molar-refractivity contribution >= 4 is 23.1 Å². The van der Waals surface area contributed by atoms with E-state index in [0.29, 0.717) is 13.1 Å². The number of nitrogens with two attached hydrogens (primary N) is 1. The minimum absolute atomic E-state index is 0.0283. The molecule has 1 amide bonds. The molecule has 0 atom stereocenters. The number of nitrogens with zero attached hydrogens (tertiary/aromatic N) is 1. The minimum atomic E-state index is -0.807. The molecule has 104 valence electrons. The first-order chi connectivity index (χ1) is 7.87. The van der Waals surface area contributed by atoms with E-state index in [4.69, 9.17) is 22.7 Å². The first-order valence-electron chi connectivity index (χ1n) is 6.17. The number of carbonyl (C=O) groups is 1. The van der Waals surface area contributed by atoms with Crippen molar-refractivity contribution in [2.45, 2.75) is 52.7 Å². The molecule has 0 aliphatic carbocycles. The van der Waals surface area contributed by atoms with Crippen LogP contribution in [0.25, 0.3) is 0 Å². The van der Waals surface area contributed by atoms with Crippen LogP contribution in [0.4, 0.5) is 0 Å². The van der Waals surface area contributed by atoms with E-state index in [-0.39, 0.29) is 22.1 Å². The van der Waals surface area contributed by atoms with Crippen molar-refractivity contribution in [3.05, 3.63) is 0 Å². The quantitative estimate of drug-likeness (QED) is 0.778.